The van der Waals surface area contributed by atoms with Crippen molar-refractivity contribution in [2.45, 2.75) is 20.3 Å². The summed E-state index contributed by atoms with van der Waals surface area (Å²) >= 11 is 0. The van der Waals surface area contributed by atoms with Crippen LogP contribution in [0.4, 0.5) is 34.4 Å². The fraction of sp³-hybridized carbons (Fsp3) is 0.185. The number of nitro groups is 2. The molecule has 0 saturated carbocycles. The molecule has 17 heteroatoms. The molecular formula is C27H30N10O7. The largest absolute Gasteiger partial charge is 0.397 e. The van der Waals surface area contributed by atoms with E-state index in [1.54, 1.807) is 24.3 Å². The van der Waals surface area contributed by atoms with Gasteiger partial charge in [-0.1, -0.05) is 7.43 Å². The van der Waals surface area contributed by atoms with Crippen LogP contribution in [-0.2, 0) is 4.74 Å². The molecule has 0 aromatic carbocycles. The van der Waals surface area contributed by atoms with Crippen LogP contribution in [0.15, 0.2) is 73.3 Å². The molecule has 17 nitrogen and oxygen atoms in total. The van der Waals surface area contributed by atoms with Crippen LogP contribution >= 0.6 is 0 Å². The number of anilines is 4. The first-order valence-corrected chi connectivity index (χ1v) is 12.5. The van der Waals surface area contributed by atoms with Crippen molar-refractivity contribution in [3.8, 4) is 0 Å². The summed E-state index contributed by atoms with van der Waals surface area (Å²) in [6, 6.07) is 11.2. The molecule has 0 atom stereocenters. The third-order valence-electron chi connectivity index (χ3n) is 5.27. The van der Waals surface area contributed by atoms with Crippen molar-refractivity contribution in [3.05, 3.63) is 105 Å². The predicted octanol–water partition coefficient (Wildman–Crippen LogP) is 3.87. The Morgan fingerprint density at radius 2 is 1.07 bits per heavy atom. The second kappa shape index (κ2) is 17.0. The number of nitrogens with one attached hydrogen (secondary N) is 2. The number of nitrogens with zero attached hydrogens (tertiary/aromatic N) is 6. The topological polar surface area (TPSA) is 257 Å². The third kappa shape index (κ3) is 11.1. The molecule has 0 unspecified atom stereocenters. The van der Waals surface area contributed by atoms with Crippen molar-refractivity contribution >= 4 is 46.2 Å². The van der Waals surface area contributed by atoms with E-state index in [1.165, 1.54) is 43.4 Å². The van der Waals surface area contributed by atoms with Crippen LogP contribution in [0.2, 0.25) is 0 Å². The zero-order valence-corrected chi connectivity index (χ0v) is 22.5. The smallest absolute Gasteiger partial charge is 0.287 e. The lowest BCUT2D eigenvalue weighted by atomic mass is 10.3. The molecule has 0 aliphatic carbocycles. The monoisotopic (exact) mass is 606 g/mol. The zero-order valence-electron chi connectivity index (χ0n) is 22.5. The standard InChI is InChI=1S/C11H7N5O5.C11H11N5O.C4H8O.CH4/c17-11(9-3-1-7(5-12-9)15(18)19)14-10-4-2-8(6-13-10)16(20)21;12-7-1-3-9(14-5-7)11(17)16-10-4-2-8(13)6-15-10;1-2-4-5-3-1;/h1-6H,(H,13,14,17);1-6H,12-13H2,(H,15,16,17);1-4H2;1H4. The molecule has 0 bridgehead atoms. The van der Waals surface area contributed by atoms with E-state index in [-0.39, 0.29) is 41.9 Å². The van der Waals surface area contributed by atoms with E-state index in [0.29, 0.717) is 17.2 Å². The van der Waals surface area contributed by atoms with Crippen molar-refractivity contribution in [2.24, 2.45) is 0 Å². The van der Waals surface area contributed by atoms with Gasteiger partial charge in [-0.15, -0.1) is 0 Å². The Morgan fingerprint density at radius 3 is 1.41 bits per heavy atom. The number of rotatable bonds is 6. The average molecular weight is 607 g/mol. The summed E-state index contributed by atoms with van der Waals surface area (Å²) in [7, 11) is 0. The Labute approximate surface area is 251 Å². The lowest BCUT2D eigenvalue weighted by Crippen LogP contribution is -2.14. The fourth-order valence-corrected chi connectivity index (χ4v) is 3.09. The number of hydrogen-bond donors (Lipinski definition) is 4. The van der Waals surface area contributed by atoms with Crippen molar-refractivity contribution in [1.82, 2.24) is 19.9 Å². The Bertz CT molecular complexity index is 1520. The van der Waals surface area contributed by atoms with E-state index in [0.717, 1.165) is 31.7 Å². The number of ether oxygens (including phenoxy) is 1. The van der Waals surface area contributed by atoms with Crippen LogP contribution in [0.5, 0.6) is 0 Å². The lowest BCUT2D eigenvalue weighted by molar-refractivity contribution is -0.385. The fourth-order valence-electron chi connectivity index (χ4n) is 3.09. The van der Waals surface area contributed by atoms with Gasteiger partial charge in [0.25, 0.3) is 23.2 Å². The highest BCUT2D eigenvalue weighted by atomic mass is 16.6. The van der Waals surface area contributed by atoms with Gasteiger partial charge < -0.3 is 26.8 Å². The number of aromatic nitrogens is 4. The first kappa shape index (κ1) is 34.1. The van der Waals surface area contributed by atoms with E-state index < -0.39 is 15.8 Å². The maximum Gasteiger partial charge on any atom is 0.287 e. The van der Waals surface area contributed by atoms with Crippen LogP contribution in [0.25, 0.3) is 0 Å². The third-order valence-corrected chi connectivity index (χ3v) is 5.27. The molecule has 0 radical (unpaired) electrons. The molecule has 1 fully saturated rings. The summed E-state index contributed by atoms with van der Waals surface area (Å²) in [6.45, 7) is 2.00. The highest BCUT2D eigenvalue weighted by Crippen LogP contribution is 2.14. The molecule has 1 saturated heterocycles. The highest BCUT2D eigenvalue weighted by Gasteiger charge is 2.13. The maximum atomic E-state index is 11.8. The molecule has 5 heterocycles. The zero-order chi connectivity index (χ0) is 31.2. The second-order valence-electron chi connectivity index (χ2n) is 8.50. The maximum absolute atomic E-state index is 11.8. The SMILES string of the molecule is C.C1CCOC1.Nc1ccc(NC(=O)c2ccc(N)cn2)nc1.O=C(Nc1ccc([N+](=O)[O-])cn1)c1ccc([N+](=O)[O-])cn1. The number of pyridine rings is 4. The van der Waals surface area contributed by atoms with Gasteiger partial charge in [-0.25, -0.2) is 19.9 Å². The first-order chi connectivity index (χ1) is 20.6. The lowest BCUT2D eigenvalue weighted by Gasteiger charge is -2.03. The van der Waals surface area contributed by atoms with Gasteiger partial charge in [0.15, 0.2) is 0 Å². The van der Waals surface area contributed by atoms with Crippen molar-refractivity contribution in [3.63, 3.8) is 0 Å². The molecular weight excluding hydrogens is 576 g/mol. The molecule has 4 aromatic rings. The van der Waals surface area contributed by atoms with Crippen LogP contribution in [0, 0.1) is 20.2 Å². The molecule has 5 rings (SSSR count). The molecule has 230 valence electrons. The van der Waals surface area contributed by atoms with Gasteiger partial charge in [0, 0.05) is 25.3 Å². The molecule has 1 aliphatic rings. The molecule has 44 heavy (non-hydrogen) atoms. The number of hydrogen-bond acceptors (Lipinski definition) is 13. The van der Waals surface area contributed by atoms with E-state index in [9.17, 15) is 29.8 Å². The summed E-state index contributed by atoms with van der Waals surface area (Å²) in [4.78, 5) is 58.4. The van der Waals surface area contributed by atoms with E-state index in [1.807, 2.05) is 0 Å². The van der Waals surface area contributed by atoms with Gasteiger partial charge in [0.1, 0.15) is 35.4 Å². The highest BCUT2D eigenvalue weighted by molar-refractivity contribution is 6.03. The van der Waals surface area contributed by atoms with Crippen molar-refractivity contribution in [2.75, 3.05) is 35.3 Å². The minimum Gasteiger partial charge on any atom is -0.397 e. The molecule has 4 aromatic heterocycles. The summed E-state index contributed by atoms with van der Waals surface area (Å²) < 4.78 is 4.94. The summed E-state index contributed by atoms with van der Waals surface area (Å²) in [6.07, 6.45) is 7.40. The summed E-state index contributed by atoms with van der Waals surface area (Å²) in [5, 5.41) is 25.9. The molecule has 1 aliphatic heterocycles. The number of amides is 2. The van der Waals surface area contributed by atoms with Crippen LogP contribution in [0.3, 0.4) is 0 Å². The molecule has 6 N–H and O–H groups in total. The average Bonchev–Trinajstić information content (AvgIpc) is 3.60. The van der Waals surface area contributed by atoms with Gasteiger partial charge in [0.2, 0.25) is 0 Å². The normalized spacial score (nSPS) is 11.3. The minimum atomic E-state index is -0.633. The Hall–Kier alpha value is -6.10. The Balaban J connectivity index is 0.000000263. The van der Waals surface area contributed by atoms with Crippen LogP contribution < -0.4 is 22.1 Å². The van der Waals surface area contributed by atoms with E-state index in [4.69, 9.17) is 16.2 Å². The van der Waals surface area contributed by atoms with Gasteiger partial charge in [-0.2, -0.15) is 0 Å². The van der Waals surface area contributed by atoms with Gasteiger partial charge in [-0.05, 0) is 49.2 Å². The molecule has 0 spiro atoms. The Morgan fingerprint density at radius 1 is 0.659 bits per heavy atom. The quantitative estimate of drug-likeness (QED) is 0.180. The van der Waals surface area contributed by atoms with Gasteiger partial charge in [-0.3, -0.25) is 29.8 Å². The van der Waals surface area contributed by atoms with Crippen molar-refractivity contribution in [1.29, 1.82) is 0 Å². The number of nitrogen functional groups attached to an aromatic ring is 2. The van der Waals surface area contributed by atoms with E-state index in [2.05, 4.69) is 30.6 Å². The van der Waals surface area contributed by atoms with Crippen LogP contribution in [-0.4, -0.2) is 54.8 Å². The summed E-state index contributed by atoms with van der Waals surface area (Å²) in [5.41, 5.74) is 11.8. The second-order valence-corrected chi connectivity index (χ2v) is 8.50. The summed E-state index contributed by atoms with van der Waals surface area (Å²) in [5.74, 6) is -0.456. The minimum absolute atomic E-state index is 0. The van der Waals surface area contributed by atoms with Crippen molar-refractivity contribution < 1.29 is 24.2 Å². The van der Waals surface area contributed by atoms with Gasteiger partial charge in [0.05, 0.1) is 33.6 Å². The van der Waals surface area contributed by atoms with E-state index >= 15 is 0 Å². The Kier molecular flexibility index (Phi) is 13.2. The number of carbonyl (C=O) groups excluding carboxylic acids is 2. The molecule has 2 amide bonds. The predicted molar refractivity (Wildman–Crippen MR) is 162 cm³/mol. The van der Waals surface area contributed by atoms with Gasteiger partial charge >= 0.3 is 0 Å². The number of carbonyl (C=O) groups is 2. The number of nitrogens with two attached hydrogens (primary N) is 2. The van der Waals surface area contributed by atoms with Crippen LogP contribution in [0.1, 0.15) is 41.2 Å². The first-order valence-electron chi connectivity index (χ1n) is 12.5.